The third-order valence-corrected chi connectivity index (χ3v) is 4.30. The first kappa shape index (κ1) is 20.3. The molecule has 0 atom stereocenters. The quantitative estimate of drug-likeness (QED) is 0.509. The topological polar surface area (TPSA) is 27.1 Å². The molecule has 1 aromatic heterocycles. The number of imidazole rings is 1. The summed E-state index contributed by atoms with van der Waals surface area (Å²) in [5.74, 6) is 2.15. The lowest BCUT2D eigenvalue weighted by atomic mass is 9.92. The summed E-state index contributed by atoms with van der Waals surface area (Å²) in [5.41, 5.74) is 3.71. The van der Waals surface area contributed by atoms with Gasteiger partial charge in [-0.2, -0.15) is 0 Å². The van der Waals surface area contributed by atoms with Gasteiger partial charge < -0.3 is 9.30 Å². The Labute approximate surface area is 162 Å². The van der Waals surface area contributed by atoms with Gasteiger partial charge in [-0.25, -0.2) is 4.98 Å². The third-order valence-electron chi connectivity index (χ3n) is 4.30. The minimum absolute atomic E-state index is 0. The molecular weight excluding hydrogens is 344 g/mol. The number of ether oxygens (including phenoxy) is 1. The number of aromatic nitrogens is 2. The van der Waals surface area contributed by atoms with Crippen molar-refractivity contribution >= 4 is 23.4 Å². The van der Waals surface area contributed by atoms with Crippen molar-refractivity contribution in [3.8, 4) is 5.75 Å². The molecule has 0 bridgehead atoms. The molecule has 4 heteroatoms. The molecule has 0 spiro atoms. The molecule has 3 aromatic rings. The highest BCUT2D eigenvalue weighted by atomic mass is 35.5. The summed E-state index contributed by atoms with van der Waals surface area (Å²) >= 11 is 0. The summed E-state index contributed by atoms with van der Waals surface area (Å²) in [6.07, 6.45) is 1.94. The van der Waals surface area contributed by atoms with E-state index in [-0.39, 0.29) is 17.8 Å². The van der Waals surface area contributed by atoms with E-state index in [0.29, 0.717) is 6.61 Å². The zero-order chi connectivity index (χ0) is 17.9. The number of hydrogen-bond donors (Lipinski definition) is 0. The van der Waals surface area contributed by atoms with Gasteiger partial charge in [0, 0.05) is 13.0 Å². The predicted molar refractivity (Wildman–Crippen MR) is 111 cm³/mol. The van der Waals surface area contributed by atoms with Gasteiger partial charge in [0.25, 0.3) is 0 Å². The first-order chi connectivity index (χ1) is 11.9. The highest BCUT2D eigenvalue weighted by Crippen LogP contribution is 2.24. The van der Waals surface area contributed by atoms with Crippen molar-refractivity contribution in [3.63, 3.8) is 0 Å². The summed E-state index contributed by atoms with van der Waals surface area (Å²) in [6.45, 7) is 10.5. The normalized spacial score (nSPS) is 11.4. The Balaban J connectivity index is 0.00000243. The number of halogens is 1. The van der Waals surface area contributed by atoms with E-state index in [4.69, 9.17) is 9.72 Å². The Bertz CT molecular complexity index is 849. The van der Waals surface area contributed by atoms with Crippen LogP contribution in [0.4, 0.5) is 0 Å². The van der Waals surface area contributed by atoms with Crippen LogP contribution in [0.15, 0.2) is 48.5 Å². The molecular formula is C22H29ClN2O. The molecule has 0 saturated heterocycles. The van der Waals surface area contributed by atoms with Crippen LogP contribution in [0.25, 0.3) is 11.0 Å². The SMILES string of the molecule is Cc1ccccc1OCCCn1c(CC(C)(C)C)nc2ccccc21.Cl. The summed E-state index contributed by atoms with van der Waals surface area (Å²) in [7, 11) is 0. The summed E-state index contributed by atoms with van der Waals surface area (Å²) in [5, 5.41) is 0. The minimum atomic E-state index is 0. The minimum Gasteiger partial charge on any atom is -0.493 e. The second-order valence-electron chi connectivity index (χ2n) is 7.87. The maximum absolute atomic E-state index is 5.95. The molecule has 2 aromatic carbocycles. The molecule has 0 unspecified atom stereocenters. The van der Waals surface area contributed by atoms with Gasteiger partial charge in [0.05, 0.1) is 17.6 Å². The molecule has 26 heavy (non-hydrogen) atoms. The summed E-state index contributed by atoms with van der Waals surface area (Å²) in [4.78, 5) is 4.87. The molecule has 3 nitrogen and oxygen atoms in total. The molecule has 3 rings (SSSR count). The second-order valence-corrected chi connectivity index (χ2v) is 7.87. The number of para-hydroxylation sites is 3. The third kappa shape index (κ3) is 5.01. The van der Waals surface area contributed by atoms with Crippen LogP contribution in [-0.2, 0) is 13.0 Å². The van der Waals surface area contributed by atoms with E-state index >= 15 is 0 Å². The van der Waals surface area contributed by atoms with E-state index in [1.54, 1.807) is 0 Å². The number of benzene rings is 2. The Morgan fingerprint density at radius 2 is 1.69 bits per heavy atom. The lowest BCUT2D eigenvalue weighted by Gasteiger charge is -2.19. The van der Waals surface area contributed by atoms with Crippen molar-refractivity contribution in [2.45, 2.75) is 47.1 Å². The van der Waals surface area contributed by atoms with Gasteiger partial charge in [-0.3, -0.25) is 0 Å². The van der Waals surface area contributed by atoms with Gasteiger partial charge in [-0.05, 0) is 42.5 Å². The monoisotopic (exact) mass is 372 g/mol. The Morgan fingerprint density at radius 3 is 2.42 bits per heavy atom. The molecule has 140 valence electrons. The van der Waals surface area contributed by atoms with Crippen molar-refractivity contribution in [2.24, 2.45) is 5.41 Å². The predicted octanol–water partition coefficient (Wildman–Crippen LogP) is 5.82. The molecule has 0 aliphatic rings. The highest BCUT2D eigenvalue weighted by molar-refractivity contribution is 5.85. The van der Waals surface area contributed by atoms with Gasteiger partial charge in [0.15, 0.2) is 0 Å². The number of aryl methyl sites for hydroxylation is 2. The van der Waals surface area contributed by atoms with E-state index < -0.39 is 0 Å². The van der Waals surface area contributed by atoms with Crippen molar-refractivity contribution in [1.82, 2.24) is 9.55 Å². The van der Waals surface area contributed by atoms with Crippen molar-refractivity contribution in [3.05, 3.63) is 59.9 Å². The first-order valence-electron chi connectivity index (χ1n) is 9.07. The highest BCUT2D eigenvalue weighted by Gasteiger charge is 2.17. The van der Waals surface area contributed by atoms with E-state index in [2.05, 4.69) is 62.6 Å². The van der Waals surface area contributed by atoms with Gasteiger partial charge >= 0.3 is 0 Å². The zero-order valence-electron chi connectivity index (χ0n) is 16.2. The van der Waals surface area contributed by atoms with Crippen LogP contribution in [0.3, 0.4) is 0 Å². The van der Waals surface area contributed by atoms with Crippen LogP contribution in [0.2, 0.25) is 0 Å². The molecule has 0 aliphatic carbocycles. The average Bonchev–Trinajstić information content (AvgIpc) is 2.88. The fourth-order valence-electron chi connectivity index (χ4n) is 3.11. The van der Waals surface area contributed by atoms with Gasteiger partial charge in [-0.1, -0.05) is 51.1 Å². The van der Waals surface area contributed by atoms with Crippen LogP contribution in [-0.4, -0.2) is 16.2 Å². The first-order valence-corrected chi connectivity index (χ1v) is 9.07. The summed E-state index contributed by atoms with van der Waals surface area (Å²) < 4.78 is 8.32. The Hall–Kier alpha value is -2.00. The fourth-order valence-corrected chi connectivity index (χ4v) is 3.11. The smallest absolute Gasteiger partial charge is 0.122 e. The van der Waals surface area contributed by atoms with Crippen LogP contribution in [0.5, 0.6) is 5.75 Å². The molecule has 0 saturated carbocycles. The number of nitrogens with zero attached hydrogens (tertiary/aromatic N) is 2. The lowest BCUT2D eigenvalue weighted by Crippen LogP contribution is -2.15. The van der Waals surface area contributed by atoms with E-state index in [0.717, 1.165) is 30.7 Å². The largest absolute Gasteiger partial charge is 0.493 e. The van der Waals surface area contributed by atoms with Crippen LogP contribution >= 0.6 is 12.4 Å². The van der Waals surface area contributed by atoms with Crippen LogP contribution in [0.1, 0.15) is 38.6 Å². The van der Waals surface area contributed by atoms with E-state index in [1.165, 1.54) is 16.9 Å². The van der Waals surface area contributed by atoms with Crippen LogP contribution < -0.4 is 4.74 Å². The number of hydrogen-bond acceptors (Lipinski definition) is 2. The maximum Gasteiger partial charge on any atom is 0.122 e. The molecule has 1 heterocycles. The molecule has 0 amide bonds. The standard InChI is InChI=1S/C22H28N2O.ClH/c1-17-10-5-8-13-20(17)25-15-9-14-24-19-12-7-6-11-18(19)23-21(24)16-22(2,3)4;/h5-8,10-13H,9,14-16H2,1-4H3;1H. The van der Waals surface area contributed by atoms with E-state index in [9.17, 15) is 0 Å². The lowest BCUT2D eigenvalue weighted by molar-refractivity contribution is 0.298. The van der Waals surface area contributed by atoms with E-state index in [1.807, 2.05) is 18.2 Å². The van der Waals surface area contributed by atoms with Gasteiger partial charge in [-0.15, -0.1) is 12.4 Å². The van der Waals surface area contributed by atoms with Gasteiger partial charge in [0.2, 0.25) is 0 Å². The molecule has 0 fully saturated rings. The number of fused-ring (bicyclic) bond motifs is 1. The molecule has 0 radical (unpaired) electrons. The Kier molecular flexibility index (Phi) is 6.71. The average molecular weight is 373 g/mol. The molecule has 0 aliphatic heterocycles. The second kappa shape index (κ2) is 8.59. The molecule has 0 N–H and O–H groups in total. The summed E-state index contributed by atoms with van der Waals surface area (Å²) in [6, 6.07) is 16.6. The van der Waals surface area contributed by atoms with Crippen molar-refractivity contribution in [1.29, 1.82) is 0 Å². The fraction of sp³-hybridized carbons (Fsp3) is 0.409. The van der Waals surface area contributed by atoms with Gasteiger partial charge in [0.1, 0.15) is 11.6 Å². The zero-order valence-corrected chi connectivity index (χ0v) is 17.0. The maximum atomic E-state index is 5.95. The van der Waals surface area contributed by atoms with Crippen molar-refractivity contribution < 1.29 is 4.74 Å². The number of rotatable bonds is 6. The van der Waals surface area contributed by atoms with Crippen LogP contribution in [0, 0.1) is 12.3 Å². The Morgan fingerprint density at radius 1 is 1.00 bits per heavy atom. The van der Waals surface area contributed by atoms with Crippen molar-refractivity contribution in [2.75, 3.05) is 6.61 Å².